The van der Waals surface area contributed by atoms with Gasteiger partial charge in [0.15, 0.2) is 16.7 Å². The second-order valence-corrected chi connectivity index (χ2v) is 5.72. The highest BCUT2D eigenvalue weighted by molar-refractivity contribution is 9.10. The van der Waals surface area contributed by atoms with Crippen molar-refractivity contribution in [2.24, 2.45) is 0 Å². The molecule has 1 N–H and O–H groups in total. The first-order chi connectivity index (χ1) is 10.0. The van der Waals surface area contributed by atoms with E-state index in [4.69, 9.17) is 21.1 Å². The Morgan fingerprint density at radius 3 is 2.52 bits per heavy atom. The van der Waals surface area contributed by atoms with Crippen LogP contribution in [-0.4, -0.2) is 19.2 Å². The number of aromatic nitrogens is 1. The summed E-state index contributed by atoms with van der Waals surface area (Å²) >= 11 is 9.61. The summed E-state index contributed by atoms with van der Waals surface area (Å²) in [7, 11) is 3.23. The summed E-state index contributed by atoms with van der Waals surface area (Å²) in [6.45, 7) is 2.56. The molecule has 1 aromatic heterocycles. The molecule has 6 heteroatoms. The quantitative estimate of drug-likeness (QED) is 0.789. The van der Waals surface area contributed by atoms with E-state index in [-0.39, 0.29) is 0 Å². The Kier molecular flexibility index (Phi) is 5.31. The summed E-state index contributed by atoms with van der Waals surface area (Å²) in [6.07, 6.45) is 1.74. The van der Waals surface area contributed by atoms with Gasteiger partial charge in [0.2, 0.25) is 0 Å². The number of hydrogen-bond donors (Lipinski definition) is 1. The van der Waals surface area contributed by atoms with Crippen LogP contribution >= 0.6 is 27.5 Å². The molecule has 21 heavy (non-hydrogen) atoms. The number of anilines is 1. The standard InChI is InChI=1S/C15H16BrClN2O2/c1-9-4-12(15(17)19-7-9)18-8-10-5-13(20-2)14(21-3)6-11(10)16/h4-7,18H,8H2,1-3H3. The molecule has 4 nitrogen and oxygen atoms in total. The lowest BCUT2D eigenvalue weighted by Gasteiger charge is -2.13. The number of hydrogen-bond acceptors (Lipinski definition) is 4. The van der Waals surface area contributed by atoms with Crippen LogP contribution in [0.5, 0.6) is 11.5 Å². The van der Waals surface area contributed by atoms with Gasteiger partial charge < -0.3 is 14.8 Å². The third-order valence-electron chi connectivity index (χ3n) is 3.00. The van der Waals surface area contributed by atoms with Gasteiger partial charge in [0, 0.05) is 17.2 Å². The number of aryl methyl sites for hydroxylation is 1. The first-order valence-corrected chi connectivity index (χ1v) is 7.48. The van der Waals surface area contributed by atoms with Crippen molar-refractivity contribution in [1.82, 2.24) is 4.98 Å². The first kappa shape index (κ1) is 15.9. The Morgan fingerprint density at radius 1 is 1.19 bits per heavy atom. The smallest absolute Gasteiger partial charge is 0.161 e. The van der Waals surface area contributed by atoms with Crippen LogP contribution in [0.3, 0.4) is 0 Å². The van der Waals surface area contributed by atoms with E-state index in [9.17, 15) is 0 Å². The zero-order valence-corrected chi connectivity index (χ0v) is 14.4. The van der Waals surface area contributed by atoms with Crippen molar-refractivity contribution in [2.75, 3.05) is 19.5 Å². The second kappa shape index (κ2) is 7.00. The van der Waals surface area contributed by atoms with Crippen LogP contribution in [-0.2, 0) is 6.54 Å². The van der Waals surface area contributed by atoms with Gasteiger partial charge in [-0.15, -0.1) is 0 Å². The van der Waals surface area contributed by atoms with E-state index in [0.717, 1.165) is 21.3 Å². The third-order valence-corrected chi connectivity index (χ3v) is 4.04. The molecule has 0 spiro atoms. The average molecular weight is 372 g/mol. The van der Waals surface area contributed by atoms with Crippen LogP contribution in [0.25, 0.3) is 0 Å². The summed E-state index contributed by atoms with van der Waals surface area (Å²) in [5.74, 6) is 1.37. The van der Waals surface area contributed by atoms with Gasteiger partial charge in [-0.3, -0.25) is 0 Å². The fourth-order valence-corrected chi connectivity index (χ4v) is 2.53. The van der Waals surface area contributed by atoms with Crippen molar-refractivity contribution in [3.8, 4) is 11.5 Å². The molecule has 112 valence electrons. The molecule has 2 rings (SSSR count). The topological polar surface area (TPSA) is 43.4 Å². The molecule has 0 saturated carbocycles. The highest BCUT2D eigenvalue weighted by Gasteiger charge is 2.10. The molecular weight excluding hydrogens is 356 g/mol. The van der Waals surface area contributed by atoms with E-state index < -0.39 is 0 Å². The Bertz CT molecular complexity index is 650. The summed E-state index contributed by atoms with van der Waals surface area (Å²) < 4.78 is 11.5. The predicted molar refractivity (Wildman–Crippen MR) is 88.6 cm³/mol. The van der Waals surface area contributed by atoms with Crippen molar-refractivity contribution in [3.05, 3.63) is 45.1 Å². The molecule has 0 amide bonds. The van der Waals surface area contributed by atoms with Crippen molar-refractivity contribution in [3.63, 3.8) is 0 Å². The molecule has 0 radical (unpaired) electrons. The van der Waals surface area contributed by atoms with Crippen molar-refractivity contribution in [2.45, 2.75) is 13.5 Å². The molecular formula is C15H16BrClN2O2. The Balaban J connectivity index is 2.21. The molecule has 0 aliphatic heterocycles. The van der Waals surface area contributed by atoms with E-state index in [2.05, 4.69) is 26.2 Å². The number of rotatable bonds is 5. The van der Waals surface area contributed by atoms with E-state index in [1.54, 1.807) is 20.4 Å². The minimum Gasteiger partial charge on any atom is -0.493 e. The van der Waals surface area contributed by atoms with Gasteiger partial charge in [-0.25, -0.2) is 4.98 Å². The van der Waals surface area contributed by atoms with Crippen LogP contribution in [0.1, 0.15) is 11.1 Å². The fourth-order valence-electron chi connectivity index (χ4n) is 1.90. The van der Waals surface area contributed by atoms with Crippen LogP contribution in [0.2, 0.25) is 5.15 Å². The summed E-state index contributed by atoms with van der Waals surface area (Å²) in [4.78, 5) is 4.12. The minimum absolute atomic E-state index is 0.456. The maximum absolute atomic E-state index is 6.08. The fraction of sp³-hybridized carbons (Fsp3) is 0.267. The lowest BCUT2D eigenvalue weighted by molar-refractivity contribution is 0.354. The number of nitrogens with one attached hydrogen (secondary N) is 1. The lowest BCUT2D eigenvalue weighted by atomic mass is 10.2. The average Bonchev–Trinajstić information content (AvgIpc) is 2.48. The zero-order chi connectivity index (χ0) is 15.4. The zero-order valence-electron chi connectivity index (χ0n) is 12.0. The van der Waals surface area contributed by atoms with Crippen LogP contribution in [0.4, 0.5) is 5.69 Å². The number of benzene rings is 1. The van der Waals surface area contributed by atoms with Crippen LogP contribution in [0.15, 0.2) is 28.9 Å². The molecule has 2 aromatic rings. The predicted octanol–water partition coefficient (Wildman–Crippen LogP) is 4.44. The SMILES string of the molecule is COc1cc(Br)c(CNc2cc(C)cnc2Cl)cc1OC. The molecule has 0 saturated heterocycles. The molecule has 0 fully saturated rings. The maximum Gasteiger partial charge on any atom is 0.161 e. The molecule has 1 heterocycles. The van der Waals surface area contributed by atoms with Gasteiger partial charge >= 0.3 is 0 Å². The minimum atomic E-state index is 0.456. The monoisotopic (exact) mass is 370 g/mol. The molecule has 0 aliphatic rings. The summed E-state index contributed by atoms with van der Waals surface area (Å²) in [6, 6.07) is 5.77. The van der Waals surface area contributed by atoms with E-state index in [1.165, 1.54) is 0 Å². The molecule has 1 aromatic carbocycles. The molecule has 0 unspecified atom stereocenters. The number of nitrogens with zero attached hydrogens (tertiary/aromatic N) is 1. The molecule has 0 atom stereocenters. The number of pyridine rings is 1. The molecule has 0 bridgehead atoms. The van der Waals surface area contributed by atoms with Crippen molar-refractivity contribution >= 4 is 33.2 Å². The Labute approximate surface area is 137 Å². The third kappa shape index (κ3) is 3.80. The van der Waals surface area contributed by atoms with Gasteiger partial charge in [0.05, 0.1) is 19.9 Å². The first-order valence-electron chi connectivity index (χ1n) is 6.31. The second-order valence-electron chi connectivity index (χ2n) is 4.50. The highest BCUT2D eigenvalue weighted by Crippen LogP contribution is 2.33. The van der Waals surface area contributed by atoms with Crippen molar-refractivity contribution < 1.29 is 9.47 Å². The van der Waals surface area contributed by atoms with Crippen LogP contribution in [0, 0.1) is 6.92 Å². The number of ether oxygens (including phenoxy) is 2. The summed E-state index contributed by atoms with van der Waals surface area (Å²) in [5, 5.41) is 3.73. The van der Waals surface area contributed by atoms with E-state index in [1.807, 2.05) is 25.1 Å². The highest BCUT2D eigenvalue weighted by atomic mass is 79.9. The largest absolute Gasteiger partial charge is 0.493 e. The van der Waals surface area contributed by atoms with Gasteiger partial charge in [0.25, 0.3) is 0 Å². The van der Waals surface area contributed by atoms with Gasteiger partial charge in [-0.2, -0.15) is 0 Å². The normalized spacial score (nSPS) is 10.3. The van der Waals surface area contributed by atoms with Crippen LogP contribution < -0.4 is 14.8 Å². The number of halogens is 2. The lowest BCUT2D eigenvalue weighted by Crippen LogP contribution is -2.03. The Morgan fingerprint density at radius 2 is 1.86 bits per heavy atom. The summed E-state index contributed by atoms with van der Waals surface area (Å²) in [5.41, 5.74) is 2.89. The van der Waals surface area contributed by atoms with Gasteiger partial charge in [-0.05, 0) is 36.2 Å². The maximum atomic E-state index is 6.08. The van der Waals surface area contributed by atoms with E-state index in [0.29, 0.717) is 23.2 Å². The Hall–Kier alpha value is -1.46. The van der Waals surface area contributed by atoms with Gasteiger partial charge in [-0.1, -0.05) is 27.5 Å². The van der Waals surface area contributed by atoms with E-state index >= 15 is 0 Å². The van der Waals surface area contributed by atoms with Gasteiger partial charge in [0.1, 0.15) is 0 Å². The number of methoxy groups -OCH3 is 2. The van der Waals surface area contributed by atoms with Crippen molar-refractivity contribution in [1.29, 1.82) is 0 Å². The molecule has 0 aliphatic carbocycles.